The largest absolute Gasteiger partial charge is 0.497 e. The summed E-state index contributed by atoms with van der Waals surface area (Å²) in [6, 6.07) is 11.8. The molecule has 0 aliphatic carbocycles. The van der Waals surface area contributed by atoms with Crippen molar-refractivity contribution < 1.29 is 14.3 Å². The Morgan fingerprint density at radius 3 is 2.55 bits per heavy atom. The topological polar surface area (TPSA) is 98.1 Å². The van der Waals surface area contributed by atoms with Crippen molar-refractivity contribution in [1.29, 1.82) is 0 Å². The number of hydrogen-bond acceptors (Lipinski definition) is 6. The number of nitrogens with one attached hydrogen (secondary N) is 2. The van der Waals surface area contributed by atoms with E-state index in [1.165, 1.54) is 11.8 Å². The Labute approximate surface area is 206 Å². The minimum absolute atomic E-state index is 0.104. The van der Waals surface area contributed by atoms with E-state index < -0.39 is 0 Å². The highest BCUT2D eigenvalue weighted by molar-refractivity contribution is 7.99. The van der Waals surface area contributed by atoms with Crippen LogP contribution in [0.2, 0.25) is 10.0 Å². The predicted octanol–water partition coefficient (Wildman–Crippen LogP) is 4.28. The third kappa shape index (κ3) is 6.86. The van der Waals surface area contributed by atoms with Crippen molar-refractivity contribution in [2.24, 2.45) is 7.05 Å². The molecular formula is C22H23Cl2N5O3S. The van der Waals surface area contributed by atoms with Crippen LogP contribution in [0.1, 0.15) is 24.4 Å². The van der Waals surface area contributed by atoms with Gasteiger partial charge >= 0.3 is 0 Å². The van der Waals surface area contributed by atoms with E-state index in [1.807, 2.05) is 31.2 Å². The smallest absolute Gasteiger partial charge is 0.234 e. The molecule has 1 atom stereocenters. The maximum absolute atomic E-state index is 12.4. The van der Waals surface area contributed by atoms with Crippen molar-refractivity contribution in [3.05, 3.63) is 63.9 Å². The fraction of sp³-hybridized carbons (Fsp3) is 0.273. The molecular weight excluding hydrogens is 485 g/mol. The average Bonchev–Trinajstić information content (AvgIpc) is 3.15. The van der Waals surface area contributed by atoms with Gasteiger partial charge in [-0.15, -0.1) is 10.2 Å². The first-order valence-corrected chi connectivity index (χ1v) is 11.7. The first-order chi connectivity index (χ1) is 15.8. The van der Waals surface area contributed by atoms with E-state index in [0.29, 0.717) is 26.7 Å². The molecule has 2 aromatic carbocycles. The van der Waals surface area contributed by atoms with Gasteiger partial charge in [-0.1, -0.05) is 47.1 Å². The number of carbonyl (C=O) groups excluding carboxylic acids is 2. The molecule has 11 heteroatoms. The molecule has 0 saturated carbocycles. The Hall–Kier alpha value is -2.75. The van der Waals surface area contributed by atoms with E-state index in [2.05, 4.69) is 20.8 Å². The van der Waals surface area contributed by atoms with Gasteiger partial charge in [-0.25, -0.2) is 0 Å². The van der Waals surface area contributed by atoms with Gasteiger partial charge in [0, 0.05) is 12.1 Å². The van der Waals surface area contributed by atoms with Gasteiger partial charge in [0.2, 0.25) is 11.8 Å². The number of hydrogen-bond donors (Lipinski definition) is 2. The summed E-state index contributed by atoms with van der Waals surface area (Å²) in [5, 5.41) is 15.4. The minimum Gasteiger partial charge on any atom is -0.497 e. The van der Waals surface area contributed by atoms with Crippen LogP contribution in [0.5, 0.6) is 5.75 Å². The number of nitrogens with zero attached hydrogens (tertiary/aromatic N) is 3. The van der Waals surface area contributed by atoms with Crippen LogP contribution in [0.15, 0.2) is 47.6 Å². The van der Waals surface area contributed by atoms with E-state index in [9.17, 15) is 9.59 Å². The molecule has 2 N–H and O–H groups in total. The van der Waals surface area contributed by atoms with Gasteiger partial charge in [-0.3, -0.25) is 9.59 Å². The maximum atomic E-state index is 12.4. The standard InChI is InChI=1S/C22H23Cl2N5O3S/c1-13(25-19(30)10-14-4-7-16(32-3)8-5-14)21-27-28-22(29(21)2)33-12-20(31)26-18-11-15(23)6-9-17(18)24/h4-9,11,13H,10,12H2,1-3H3,(H,25,30)(H,26,31). The van der Waals surface area contributed by atoms with Gasteiger partial charge < -0.3 is 19.9 Å². The van der Waals surface area contributed by atoms with Crippen molar-refractivity contribution >= 4 is 52.5 Å². The third-order valence-corrected chi connectivity index (χ3v) is 6.28. The molecule has 174 valence electrons. The van der Waals surface area contributed by atoms with Crippen molar-refractivity contribution in [2.75, 3.05) is 18.2 Å². The lowest BCUT2D eigenvalue weighted by atomic mass is 10.1. The van der Waals surface area contributed by atoms with E-state index >= 15 is 0 Å². The molecule has 1 aromatic heterocycles. The Morgan fingerprint density at radius 1 is 1.12 bits per heavy atom. The Bertz CT molecular complexity index is 1140. The first kappa shape index (κ1) is 24.9. The van der Waals surface area contributed by atoms with E-state index in [1.54, 1.807) is 36.9 Å². The number of amides is 2. The lowest BCUT2D eigenvalue weighted by Gasteiger charge is -2.14. The number of thioether (sulfide) groups is 1. The van der Waals surface area contributed by atoms with Gasteiger partial charge in [-0.05, 0) is 42.8 Å². The van der Waals surface area contributed by atoms with Gasteiger partial charge in [0.1, 0.15) is 5.75 Å². The second-order valence-electron chi connectivity index (χ2n) is 7.17. The molecule has 0 fully saturated rings. The highest BCUT2D eigenvalue weighted by Crippen LogP contribution is 2.26. The fourth-order valence-electron chi connectivity index (χ4n) is 3.02. The number of anilines is 1. The number of rotatable bonds is 9. The van der Waals surface area contributed by atoms with Gasteiger partial charge in [0.15, 0.2) is 11.0 Å². The number of benzene rings is 2. The van der Waals surface area contributed by atoms with E-state index in [4.69, 9.17) is 27.9 Å². The number of ether oxygens (including phenoxy) is 1. The van der Waals surface area contributed by atoms with Crippen molar-refractivity contribution in [3.8, 4) is 5.75 Å². The molecule has 0 spiro atoms. The second kappa shape index (κ2) is 11.4. The van der Waals surface area contributed by atoms with Crippen LogP contribution < -0.4 is 15.4 Å². The molecule has 0 bridgehead atoms. The summed E-state index contributed by atoms with van der Waals surface area (Å²) in [5.41, 5.74) is 1.32. The summed E-state index contributed by atoms with van der Waals surface area (Å²) in [6.07, 6.45) is 0.236. The molecule has 0 aliphatic rings. The summed E-state index contributed by atoms with van der Waals surface area (Å²) in [4.78, 5) is 24.7. The molecule has 0 saturated heterocycles. The van der Waals surface area contributed by atoms with E-state index in [-0.39, 0.29) is 30.0 Å². The van der Waals surface area contributed by atoms with Crippen LogP contribution in [0.4, 0.5) is 5.69 Å². The lowest BCUT2D eigenvalue weighted by molar-refractivity contribution is -0.121. The van der Waals surface area contributed by atoms with Crippen LogP contribution in [0.3, 0.4) is 0 Å². The third-order valence-electron chi connectivity index (χ3n) is 4.69. The molecule has 8 nitrogen and oxygen atoms in total. The molecule has 1 unspecified atom stereocenters. The molecule has 33 heavy (non-hydrogen) atoms. The minimum atomic E-state index is -0.360. The number of aromatic nitrogens is 3. The van der Waals surface area contributed by atoms with Crippen molar-refractivity contribution in [3.63, 3.8) is 0 Å². The predicted molar refractivity (Wildman–Crippen MR) is 130 cm³/mol. The highest BCUT2D eigenvalue weighted by atomic mass is 35.5. The van der Waals surface area contributed by atoms with Gasteiger partial charge in [-0.2, -0.15) is 0 Å². The Balaban J connectivity index is 1.53. The summed E-state index contributed by atoms with van der Waals surface area (Å²) >= 11 is 13.3. The first-order valence-electron chi connectivity index (χ1n) is 9.96. The Morgan fingerprint density at radius 2 is 1.85 bits per heavy atom. The summed E-state index contributed by atoms with van der Waals surface area (Å²) in [7, 11) is 3.38. The zero-order valence-electron chi connectivity index (χ0n) is 18.3. The number of methoxy groups -OCH3 is 1. The van der Waals surface area contributed by atoms with Gasteiger partial charge in [0.05, 0.1) is 36.0 Å². The van der Waals surface area contributed by atoms with Gasteiger partial charge in [0.25, 0.3) is 0 Å². The quantitative estimate of drug-likeness (QED) is 0.419. The second-order valence-corrected chi connectivity index (χ2v) is 8.96. The molecule has 1 heterocycles. The highest BCUT2D eigenvalue weighted by Gasteiger charge is 2.19. The summed E-state index contributed by atoms with van der Waals surface area (Å²) < 4.78 is 6.88. The Kier molecular flexibility index (Phi) is 8.60. The molecule has 0 aliphatic heterocycles. The number of halogens is 2. The lowest BCUT2D eigenvalue weighted by Crippen LogP contribution is -2.29. The molecule has 2 amide bonds. The summed E-state index contributed by atoms with van der Waals surface area (Å²) in [5.74, 6) is 1.03. The average molecular weight is 508 g/mol. The van der Waals surface area contributed by atoms with Crippen LogP contribution in [0, 0.1) is 0 Å². The van der Waals surface area contributed by atoms with Crippen molar-refractivity contribution in [1.82, 2.24) is 20.1 Å². The maximum Gasteiger partial charge on any atom is 0.234 e. The number of carbonyl (C=O) groups is 2. The summed E-state index contributed by atoms with van der Waals surface area (Å²) in [6.45, 7) is 1.83. The normalized spacial score (nSPS) is 11.7. The van der Waals surface area contributed by atoms with Crippen LogP contribution in [-0.2, 0) is 23.1 Å². The fourth-order valence-corrected chi connectivity index (χ4v) is 4.08. The van der Waals surface area contributed by atoms with Crippen LogP contribution in [-0.4, -0.2) is 39.4 Å². The molecule has 3 rings (SSSR count). The zero-order chi connectivity index (χ0) is 24.0. The van der Waals surface area contributed by atoms with Crippen LogP contribution in [0.25, 0.3) is 0 Å². The molecule has 0 radical (unpaired) electrons. The monoisotopic (exact) mass is 507 g/mol. The van der Waals surface area contributed by atoms with Crippen molar-refractivity contribution in [2.45, 2.75) is 24.5 Å². The molecule has 3 aromatic rings. The SMILES string of the molecule is COc1ccc(CC(=O)NC(C)c2nnc(SCC(=O)Nc3cc(Cl)ccc3Cl)n2C)cc1. The van der Waals surface area contributed by atoms with Crippen LogP contribution >= 0.6 is 35.0 Å². The van der Waals surface area contributed by atoms with E-state index in [0.717, 1.165) is 11.3 Å². The zero-order valence-corrected chi connectivity index (χ0v) is 20.6.